The minimum Gasteiger partial charge on any atom is -0.462 e. The van der Waals surface area contributed by atoms with Crippen LogP contribution in [0.2, 0.25) is 0 Å². The first-order valence-electron chi connectivity index (χ1n) is 23.5. The first-order chi connectivity index (χ1) is 31.7. The van der Waals surface area contributed by atoms with Gasteiger partial charge in [-0.25, -0.2) is 0 Å². The molecule has 1 aliphatic carbocycles. The molecule has 0 unspecified atom stereocenters. The first kappa shape index (κ1) is 42.8. The maximum Gasteiger partial charge on any atom is 0.136 e. The average Bonchev–Trinajstić information content (AvgIpc) is 3.75. The number of furan rings is 1. The van der Waals surface area contributed by atoms with E-state index in [2.05, 4.69) is 247 Å². The summed E-state index contributed by atoms with van der Waals surface area (Å²) < 4.78 is 6.32. The normalized spacial score (nSPS) is 14.2. The van der Waals surface area contributed by atoms with E-state index in [1.807, 2.05) is 12.3 Å². The van der Waals surface area contributed by atoms with Crippen molar-refractivity contribution in [1.29, 1.82) is 0 Å². The second-order valence-corrected chi connectivity index (χ2v) is 20.6. The fourth-order valence-corrected chi connectivity index (χ4v) is 10.1. The number of nitrogens with zero attached hydrogens (tertiary/aromatic N) is 2. The van der Waals surface area contributed by atoms with Crippen molar-refractivity contribution in [1.82, 2.24) is 0 Å². The molecule has 0 radical (unpaired) electrons. The lowest BCUT2D eigenvalue weighted by Gasteiger charge is -2.43. The van der Waals surface area contributed by atoms with Gasteiger partial charge in [-0.15, -0.1) is 0 Å². The standard InChI is InChI=1S/C63H60N2O/c1-43-36-51(64(58-42-66-59-27-19-18-26-53(58)59)49-30-28-45(29-31-49)44-20-12-9-13-21-44)40-52(37-43)65(50-32-33-56-57(41-50)63(7,8)35-34-62(56,5)6)60-54(46-22-14-10-15-23-46)38-48(61(2,3)4)39-55(60)47-24-16-11-17-25-47/h9-33,36-42H,34-35H2,1-8H3. The van der Waals surface area contributed by atoms with Gasteiger partial charge in [0.05, 0.1) is 11.4 Å². The lowest BCUT2D eigenvalue weighted by molar-refractivity contribution is 0.332. The predicted molar refractivity (Wildman–Crippen MR) is 281 cm³/mol. The largest absolute Gasteiger partial charge is 0.462 e. The monoisotopic (exact) mass is 860 g/mol. The van der Waals surface area contributed by atoms with Crippen molar-refractivity contribution in [2.24, 2.45) is 0 Å². The van der Waals surface area contributed by atoms with Crippen LogP contribution in [0, 0.1) is 6.92 Å². The lowest BCUT2D eigenvalue weighted by atomic mass is 9.63. The van der Waals surface area contributed by atoms with Crippen LogP contribution in [0.3, 0.4) is 0 Å². The molecule has 66 heavy (non-hydrogen) atoms. The first-order valence-corrected chi connectivity index (χ1v) is 23.5. The van der Waals surface area contributed by atoms with Crippen molar-refractivity contribution in [3.05, 3.63) is 217 Å². The van der Waals surface area contributed by atoms with Crippen molar-refractivity contribution in [3.8, 4) is 33.4 Å². The fraction of sp³-hybridized carbons (Fsp3) is 0.206. The summed E-state index contributed by atoms with van der Waals surface area (Å²) in [4.78, 5) is 4.93. The Hall–Kier alpha value is -7.10. The average molecular weight is 861 g/mol. The van der Waals surface area contributed by atoms with Gasteiger partial charge in [0.1, 0.15) is 11.8 Å². The van der Waals surface area contributed by atoms with E-state index in [1.165, 1.54) is 50.1 Å². The Morgan fingerprint density at radius 3 is 1.55 bits per heavy atom. The molecule has 0 amide bonds. The summed E-state index contributed by atoms with van der Waals surface area (Å²) in [7, 11) is 0. The molecular formula is C63H60N2O. The minimum atomic E-state index is -0.0989. The van der Waals surface area contributed by atoms with Gasteiger partial charge in [-0.1, -0.05) is 170 Å². The Morgan fingerprint density at radius 1 is 0.455 bits per heavy atom. The molecular weight excluding hydrogens is 801 g/mol. The number of para-hydroxylation sites is 1. The van der Waals surface area contributed by atoms with E-state index in [9.17, 15) is 0 Å². The van der Waals surface area contributed by atoms with Gasteiger partial charge in [0, 0.05) is 39.3 Å². The highest BCUT2D eigenvalue weighted by molar-refractivity contribution is 6.00. The van der Waals surface area contributed by atoms with E-state index in [0.717, 1.165) is 63.5 Å². The predicted octanol–water partition coefficient (Wildman–Crippen LogP) is 18.3. The van der Waals surface area contributed by atoms with Crippen LogP contribution in [0.25, 0.3) is 44.3 Å². The molecule has 0 spiro atoms. The summed E-state index contributed by atoms with van der Waals surface area (Å²) in [6.07, 6.45) is 4.20. The minimum absolute atomic E-state index is 0.00988. The van der Waals surface area contributed by atoms with Crippen LogP contribution in [0.15, 0.2) is 199 Å². The number of hydrogen-bond acceptors (Lipinski definition) is 3. The Bertz CT molecular complexity index is 3110. The van der Waals surface area contributed by atoms with Crippen LogP contribution in [-0.4, -0.2) is 0 Å². The van der Waals surface area contributed by atoms with Gasteiger partial charge in [-0.05, 0) is 147 Å². The zero-order chi connectivity index (χ0) is 45.8. The van der Waals surface area contributed by atoms with Crippen molar-refractivity contribution in [2.45, 2.75) is 84.5 Å². The van der Waals surface area contributed by atoms with Gasteiger partial charge in [-0.3, -0.25) is 0 Å². The summed E-state index contributed by atoms with van der Waals surface area (Å²) in [6, 6.07) is 69.1. The molecule has 3 nitrogen and oxygen atoms in total. The van der Waals surface area contributed by atoms with E-state index in [4.69, 9.17) is 4.42 Å². The molecule has 328 valence electrons. The third kappa shape index (κ3) is 8.02. The highest BCUT2D eigenvalue weighted by atomic mass is 16.3. The number of hydrogen-bond donors (Lipinski definition) is 0. The summed E-state index contributed by atoms with van der Waals surface area (Å²) in [5, 5.41) is 1.06. The molecule has 0 bridgehead atoms. The van der Waals surface area contributed by atoms with E-state index < -0.39 is 0 Å². The van der Waals surface area contributed by atoms with Gasteiger partial charge in [0.2, 0.25) is 0 Å². The molecule has 0 atom stereocenters. The number of benzene rings is 8. The Kier molecular flexibility index (Phi) is 10.8. The topological polar surface area (TPSA) is 19.6 Å². The van der Waals surface area contributed by atoms with Crippen molar-refractivity contribution in [2.75, 3.05) is 9.80 Å². The number of rotatable bonds is 9. The van der Waals surface area contributed by atoms with E-state index in [1.54, 1.807) is 0 Å². The Morgan fingerprint density at radius 2 is 0.955 bits per heavy atom. The van der Waals surface area contributed by atoms with Crippen LogP contribution in [0.4, 0.5) is 34.1 Å². The van der Waals surface area contributed by atoms with E-state index in [0.29, 0.717) is 0 Å². The molecule has 3 heteroatoms. The molecule has 1 aliphatic rings. The summed E-state index contributed by atoms with van der Waals surface area (Å²) >= 11 is 0. The molecule has 0 saturated carbocycles. The summed E-state index contributed by atoms with van der Waals surface area (Å²) in [5.41, 5.74) is 19.7. The third-order valence-corrected chi connectivity index (χ3v) is 14.0. The van der Waals surface area contributed by atoms with Crippen LogP contribution >= 0.6 is 0 Å². The molecule has 0 N–H and O–H groups in total. The van der Waals surface area contributed by atoms with E-state index in [-0.39, 0.29) is 16.2 Å². The number of fused-ring (bicyclic) bond motifs is 2. The quantitative estimate of drug-likeness (QED) is 0.144. The number of aryl methyl sites for hydroxylation is 1. The molecule has 1 heterocycles. The zero-order valence-corrected chi connectivity index (χ0v) is 39.7. The van der Waals surface area contributed by atoms with Crippen molar-refractivity contribution < 1.29 is 4.42 Å². The maximum atomic E-state index is 6.32. The molecule has 1 aromatic heterocycles. The van der Waals surface area contributed by atoms with Gasteiger partial charge < -0.3 is 14.2 Å². The molecule has 8 aromatic carbocycles. The van der Waals surface area contributed by atoms with Gasteiger partial charge >= 0.3 is 0 Å². The summed E-state index contributed by atoms with van der Waals surface area (Å²) in [6.45, 7) is 18.9. The fourth-order valence-electron chi connectivity index (χ4n) is 10.1. The lowest BCUT2D eigenvalue weighted by Crippen LogP contribution is -2.34. The molecule has 0 fully saturated rings. The smallest absolute Gasteiger partial charge is 0.136 e. The van der Waals surface area contributed by atoms with E-state index >= 15 is 0 Å². The van der Waals surface area contributed by atoms with Crippen molar-refractivity contribution in [3.63, 3.8) is 0 Å². The highest BCUT2D eigenvalue weighted by Crippen LogP contribution is 2.53. The Balaban J connectivity index is 1.28. The SMILES string of the molecule is Cc1cc(N(c2ccc3c(c2)C(C)(C)CCC3(C)C)c2c(-c3ccccc3)cc(C(C)(C)C)cc2-c2ccccc2)cc(N(c2ccc(-c3ccccc3)cc2)c2coc3ccccc23)c1. The van der Waals surface area contributed by atoms with Gasteiger partial charge in [0.15, 0.2) is 0 Å². The molecule has 10 rings (SSSR count). The second kappa shape index (κ2) is 16.7. The summed E-state index contributed by atoms with van der Waals surface area (Å²) in [5.74, 6) is 0. The highest BCUT2D eigenvalue weighted by Gasteiger charge is 2.38. The molecule has 0 saturated heterocycles. The maximum absolute atomic E-state index is 6.32. The van der Waals surface area contributed by atoms with Gasteiger partial charge in [-0.2, -0.15) is 0 Å². The second-order valence-electron chi connectivity index (χ2n) is 20.6. The molecule has 9 aromatic rings. The van der Waals surface area contributed by atoms with Crippen LogP contribution in [0.1, 0.15) is 83.6 Å². The number of anilines is 6. The Labute approximate surface area is 392 Å². The third-order valence-electron chi connectivity index (χ3n) is 14.0. The van der Waals surface area contributed by atoms with Crippen LogP contribution in [0.5, 0.6) is 0 Å². The molecule has 0 aliphatic heterocycles. The van der Waals surface area contributed by atoms with Crippen LogP contribution < -0.4 is 9.80 Å². The van der Waals surface area contributed by atoms with Crippen LogP contribution in [-0.2, 0) is 16.2 Å². The van der Waals surface area contributed by atoms with Gasteiger partial charge in [0.25, 0.3) is 0 Å². The zero-order valence-electron chi connectivity index (χ0n) is 39.7. The van der Waals surface area contributed by atoms with Crippen molar-refractivity contribution >= 4 is 45.1 Å².